The van der Waals surface area contributed by atoms with Crippen molar-refractivity contribution in [3.63, 3.8) is 0 Å². The molecule has 4 aromatic rings. The highest BCUT2D eigenvalue weighted by Gasteiger charge is 2.15. The molecule has 2 heterocycles. The number of ether oxygens (including phenoxy) is 1. The van der Waals surface area contributed by atoms with Crippen LogP contribution in [0.5, 0.6) is 5.75 Å². The number of nitrogens with zero attached hydrogens (tertiary/aromatic N) is 3. The van der Waals surface area contributed by atoms with Gasteiger partial charge in [0.25, 0.3) is 11.2 Å². The summed E-state index contributed by atoms with van der Waals surface area (Å²) in [5, 5.41) is 12.0. The van der Waals surface area contributed by atoms with E-state index in [-0.39, 0.29) is 11.2 Å². The molecule has 0 unspecified atom stereocenters. The largest absolute Gasteiger partial charge is 0.497 e. The second-order valence-corrected chi connectivity index (χ2v) is 6.81. The summed E-state index contributed by atoms with van der Waals surface area (Å²) >= 11 is 0. The number of aryl methyl sites for hydroxylation is 2. The zero-order valence-corrected chi connectivity index (χ0v) is 16.3. The first-order chi connectivity index (χ1) is 14.6. The van der Waals surface area contributed by atoms with Crippen molar-refractivity contribution in [3.05, 3.63) is 99.1 Å². The van der Waals surface area contributed by atoms with E-state index in [4.69, 9.17) is 4.74 Å². The second-order valence-electron chi connectivity index (χ2n) is 6.81. The maximum Gasteiger partial charge on any atom is 0.270 e. The highest BCUT2D eigenvalue weighted by molar-refractivity contribution is 5.96. The first-order valence-corrected chi connectivity index (χ1v) is 9.43. The molecule has 7 nitrogen and oxygen atoms in total. The molecule has 2 aromatic heterocycles. The number of nitro benzene ring substituents is 1. The van der Waals surface area contributed by atoms with Crippen LogP contribution in [0.4, 0.5) is 5.69 Å². The Hall–Kier alpha value is -4.00. The lowest BCUT2D eigenvalue weighted by molar-refractivity contribution is -0.384. The Morgan fingerprint density at radius 3 is 2.53 bits per heavy atom. The van der Waals surface area contributed by atoms with Crippen LogP contribution in [-0.4, -0.2) is 21.6 Å². The Bertz CT molecular complexity index is 1270. The van der Waals surface area contributed by atoms with Gasteiger partial charge in [-0.15, -0.1) is 0 Å². The van der Waals surface area contributed by atoms with Crippen LogP contribution in [0.1, 0.15) is 5.69 Å². The van der Waals surface area contributed by atoms with Gasteiger partial charge in [0.15, 0.2) is 0 Å². The maximum absolute atomic E-state index is 13.0. The first kappa shape index (κ1) is 19.3. The molecule has 0 N–H and O–H groups in total. The molecule has 0 radical (unpaired) electrons. The molecule has 4 rings (SSSR count). The van der Waals surface area contributed by atoms with Crippen LogP contribution >= 0.6 is 0 Å². The highest BCUT2D eigenvalue weighted by atomic mass is 16.6. The molecule has 2 aromatic carbocycles. The van der Waals surface area contributed by atoms with Crippen molar-refractivity contribution in [2.24, 2.45) is 0 Å². The summed E-state index contributed by atoms with van der Waals surface area (Å²) in [4.78, 5) is 28.2. The first-order valence-electron chi connectivity index (χ1n) is 9.43. The summed E-state index contributed by atoms with van der Waals surface area (Å²) in [7, 11) is 1.58. The zero-order chi connectivity index (χ0) is 21.1. The molecule has 0 amide bonds. The molecule has 0 atom stereocenters. The van der Waals surface area contributed by atoms with Crippen LogP contribution in [0.3, 0.4) is 0 Å². The number of hydrogen-bond donors (Lipinski definition) is 0. The van der Waals surface area contributed by atoms with Crippen molar-refractivity contribution >= 4 is 16.6 Å². The summed E-state index contributed by atoms with van der Waals surface area (Å²) in [6, 6.07) is 19.0. The van der Waals surface area contributed by atoms with Crippen LogP contribution in [0.2, 0.25) is 0 Å². The summed E-state index contributed by atoms with van der Waals surface area (Å²) in [5.74, 6) is 0.692. The topological polar surface area (TPSA) is 87.3 Å². The normalized spacial score (nSPS) is 10.8. The Morgan fingerprint density at radius 2 is 1.87 bits per heavy atom. The minimum atomic E-state index is -0.430. The number of benzene rings is 2. The van der Waals surface area contributed by atoms with Crippen LogP contribution in [-0.2, 0) is 13.0 Å². The van der Waals surface area contributed by atoms with Gasteiger partial charge in [-0.25, -0.2) is 0 Å². The molecule has 0 aliphatic carbocycles. The van der Waals surface area contributed by atoms with Gasteiger partial charge in [0.1, 0.15) is 5.75 Å². The summed E-state index contributed by atoms with van der Waals surface area (Å²) < 4.78 is 6.84. The van der Waals surface area contributed by atoms with E-state index in [9.17, 15) is 14.9 Å². The summed E-state index contributed by atoms with van der Waals surface area (Å²) in [5.41, 5.74) is 2.77. The van der Waals surface area contributed by atoms with Gasteiger partial charge in [-0.1, -0.05) is 18.2 Å². The van der Waals surface area contributed by atoms with E-state index >= 15 is 0 Å². The third-order valence-corrected chi connectivity index (χ3v) is 5.02. The molecule has 30 heavy (non-hydrogen) atoms. The van der Waals surface area contributed by atoms with Gasteiger partial charge in [0.2, 0.25) is 0 Å². The van der Waals surface area contributed by atoms with Gasteiger partial charge < -0.3 is 9.30 Å². The Labute approximate surface area is 172 Å². The van der Waals surface area contributed by atoms with Gasteiger partial charge >= 0.3 is 0 Å². The monoisotopic (exact) mass is 401 g/mol. The van der Waals surface area contributed by atoms with E-state index in [1.807, 2.05) is 30.3 Å². The Morgan fingerprint density at radius 1 is 1.07 bits per heavy atom. The number of pyridine rings is 2. The molecule has 150 valence electrons. The van der Waals surface area contributed by atoms with Gasteiger partial charge in [-0.05, 0) is 41.5 Å². The Balaban J connectivity index is 1.86. The summed E-state index contributed by atoms with van der Waals surface area (Å²) in [6.45, 7) is 0.424. The Kier molecular flexibility index (Phi) is 5.26. The second kappa shape index (κ2) is 8.16. The van der Waals surface area contributed by atoms with Crippen LogP contribution in [0.15, 0.2) is 77.7 Å². The third kappa shape index (κ3) is 3.77. The van der Waals surface area contributed by atoms with Crippen LogP contribution in [0, 0.1) is 10.1 Å². The standard InChI is InChI=1S/C23H19N3O4/c1-30-19-8-5-16(6-9-19)20-15-23(27)25(13-11-17-4-2-3-12-24-17)22-10-7-18(26(28)29)14-21(20)22/h2-10,12,14-15H,11,13H2,1H3. The third-order valence-electron chi connectivity index (χ3n) is 5.02. The van der Waals surface area contributed by atoms with Gasteiger partial charge in [0.05, 0.1) is 17.5 Å². The lowest BCUT2D eigenvalue weighted by Crippen LogP contribution is -2.21. The lowest BCUT2D eigenvalue weighted by Gasteiger charge is -2.14. The predicted molar refractivity (Wildman–Crippen MR) is 115 cm³/mol. The number of non-ortho nitro benzene ring substituents is 1. The van der Waals surface area contributed by atoms with E-state index in [0.717, 1.165) is 11.3 Å². The molecular weight excluding hydrogens is 382 g/mol. The summed E-state index contributed by atoms with van der Waals surface area (Å²) in [6.07, 6.45) is 2.29. The van der Waals surface area contributed by atoms with Crippen molar-refractivity contribution in [1.29, 1.82) is 0 Å². The fourth-order valence-corrected chi connectivity index (χ4v) is 3.50. The minimum absolute atomic E-state index is 0.0211. The van der Waals surface area contributed by atoms with E-state index in [0.29, 0.717) is 35.2 Å². The van der Waals surface area contributed by atoms with E-state index in [1.165, 1.54) is 18.2 Å². The number of rotatable bonds is 6. The molecular formula is C23H19N3O4. The van der Waals surface area contributed by atoms with Crippen molar-refractivity contribution in [2.45, 2.75) is 13.0 Å². The van der Waals surface area contributed by atoms with E-state index in [1.54, 1.807) is 36.1 Å². The number of aromatic nitrogens is 2. The van der Waals surface area contributed by atoms with Gasteiger partial charge in [-0.2, -0.15) is 0 Å². The molecule has 0 bridgehead atoms. The van der Waals surface area contributed by atoms with Crippen LogP contribution < -0.4 is 10.3 Å². The van der Waals surface area contributed by atoms with Crippen molar-refractivity contribution in [2.75, 3.05) is 7.11 Å². The van der Waals surface area contributed by atoms with Gasteiger partial charge in [0, 0.05) is 48.4 Å². The fourth-order valence-electron chi connectivity index (χ4n) is 3.50. The van der Waals surface area contributed by atoms with E-state index in [2.05, 4.69) is 4.98 Å². The molecule has 0 spiro atoms. The number of methoxy groups -OCH3 is 1. The molecule has 0 aliphatic heterocycles. The molecule has 7 heteroatoms. The minimum Gasteiger partial charge on any atom is -0.497 e. The number of fused-ring (bicyclic) bond motifs is 1. The molecule has 0 saturated carbocycles. The SMILES string of the molecule is COc1ccc(-c2cc(=O)n(CCc3ccccn3)c3ccc([N+](=O)[O-])cc23)cc1. The van der Waals surface area contributed by atoms with Crippen molar-refractivity contribution in [3.8, 4) is 16.9 Å². The fraction of sp³-hybridized carbons (Fsp3) is 0.130. The van der Waals surface area contributed by atoms with Crippen molar-refractivity contribution < 1.29 is 9.66 Å². The van der Waals surface area contributed by atoms with Gasteiger partial charge in [-0.3, -0.25) is 19.9 Å². The zero-order valence-electron chi connectivity index (χ0n) is 16.3. The molecule has 0 fully saturated rings. The lowest BCUT2D eigenvalue weighted by atomic mass is 10.00. The maximum atomic E-state index is 13.0. The van der Waals surface area contributed by atoms with Crippen LogP contribution in [0.25, 0.3) is 22.0 Å². The average molecular weight is 401 g/mol. The molecule has 0 saturated heterocycles. The quantitative estimate of drug-likeness (QED) is 0.357. The molecule has 0 aliphatic rings. The van der Waals surface area contributed by atoms with E-state index < -0.39 is 4.92 Å². The van der Waals surface area contributed by atoms with Crippen molar-refractivity contribution in [1.82, 2.24) is 9.55 Å². The number of nitro groups is 1. The number of hydrogen-bond acceptors (Lipinski definition) is 5. The highest BCUT2D eigenvalue weighted by Crippen LogP contribution is 2.31. The predicted octanol–water partition coefficient (Wildman–Crippen LogP) is 4.22. The average Bonchev–Trinajstić information content (AvgIpc) is 2.78. The smallest absolute Gasteiger partial charge is 0.270 e.